The van der Waals surface area contributed by atoms with Crippen molar-refractivity contribution in [2.24, 2.45) is 5.73 Å². The second kappa shape index (κ2) is 5.07. The lowest BCUT2D eigenvalue weighted by Crippen LogP contribution is -2.12. The Morgan fingerprint density at radius 1 is 1.05 bits per heavy atom. The van der Waals surface area contributed by atoms with Gasteiger partial charge in [-0.15, -0.1) is 10.2 Å². The largest absolute Gasteiger partial charge is 0.326 e. The Bertz CT molecular complexity index is 831. The predicted molar refractivity (Wildman–Crippen MR) is 87.2 cm³/mol. The van der Waals surface area contributed by atoms with E-state index < -0.39 is 0 Å². The van der Waals surface area contributed by atoms with Crippen LogP contribution in [0.1, 0.15) is 16.7 Å². The maximum absolute atomic E-state index is 5.66. The summed E-state index contributed by atoms with van der Waals surface area (Å²) in [5.74, 6) is 1.91. The first-order valence-electron chi connectivity index (χ1n) is 7.59. The molecule has 4 heteroatoms. The highest BCUT2D eigenvalue weighted by molar-refractivity contribution is 5.67. The maximum Gasteiger partial charge on any atom is 0.164 e. The van der Waals surface area contributed by atoms with Gasteiger partial charge in [-0.1, -0.05) is 42.0 Å². The highest BCUT2D eigenvalue weighted by Gasteiger charge is 2.21. The lowest BCUT2D eigenvalue weighted by molar-refractivity contribution is 0.688. The number of aromatic nitrogens is 3. The van der Waals surface area contributed by atoms with Gasteiger partial charge in [-0.3, -0.25) is 0 Å². The van der Waals surface area contributed by atoms with Gasteiger partial charge >= 0.3 is 0 Å². The zero-order valence-electron chi connectivity index (χ0n) is 12.6. The van der Waals surface area contributed by atoms with Crippen LogP contribution in [0.2, 0.25) is 0 Å². The van der Waals surface area contributed by atoms with E-state index >= 15 is 0 Å². The van der Waals surface area contributed by atoms with Crippen molar-refractivity contribution in [3.05, 3.63) is 59.2 Å². The molecule has 1 aliphatic heterocycles. The minimum Gasteiger partial charge on any atom is -0.326 e. The van der Waals surface area contributed by atoms with E-state index in [4.69, 9.17) is 5.73 Å². The third-order valence-electron chi connectivity index (χ3n) is 4.31. The fourth-order valence-corrected chi connectivity index (χ4v) is 3.07. The van der Waals surface area contributed by atoms with Gasteiger partial charge in [-0.25, -0.2) is 0 Å². The van der Waals surface area contributed by atoms with Crippen molar-refractivity contribution >= 4 is 0 Å². The molecular weight excluding hydrogens is 272 g/mol. The SMILES string of the molecule is Cc1ccc2c(c1)-c1nnc(-c3ccc(CN)cc3)n1CC2. The highest BCUT2D eigenvalue weighted by Crippen LogP contribution is 2.32. The summed E-state index contributed by atoms with van der Waals surface area (Å²) in [6, 6.07) is 14.8. The number of hydrogen-bond acceptors (Lipinski definition) is 3. The van der Waals surface area contributed by atoms with Crippen LogP contribution in [0.5, 0.6) is 0 Å². The van der Waals surface area contributed by atoms with Gasteiger partial charge in [0.15, 0.2) is 11.6 Å². The fraction of sp³-hybridized carbons (Fsp3) is 0.222. The number of nitrogens with zero attached hydrogens (tertiary/aromatic N) is 3. The van der Waals surface area contributed by atoms with E-state index in [1.165, 1.54) is 16.7 Å². The molecule has 0 saturated heterocycles. The van der Waals surface area contributed by atoms with Crippen LogP contribution >= 0.6 is 0 Å². The number of rotatable bonds is 2. The third-order valence-corrected chi connectivity index (χ3v) is 4.31. The molecule has 0 unspecified atom stereocenters. The van der Waals surface area contributed by atoms with E-state index in [0.717, 1.165) is 35.7 Å². The van der Waals surface area contributed by atoms with Gasteiger partial charge in [0, 0.05) is 24.2 Å². The molecule has 0 saturated carbocycles. The average molecular weight is 290 g/mol. The van der Waals surface area contributed by atoms with Gasteiger partial charge in [0.2, 0.25) is 0 Å². The molecule has 22 heavy (non-hydrogen) atoms. The number of nitrogens with two attached hydrogens (primary N) is 1. The lowest BCUT2D eigenvalue weighted by atomic mass is 9.98. The Kier molecular flexibility index (Phi) is 3.05. The molecule has 4 nitrogen and oxygen atoms in total. The van der Waals surface area contributed by atoms with Crippen LogP contribution in [0, 0.1) is 6.92 Å². The summed E-state index contributed by atoms with van der Waals surface area (Å²) in [6.07, 6.45) is 1.02. The third kappa shape index (κ3) is 2.04. The maximum atomic E-state index is 5.66. The molecule has 0 atom stereocenters. The molecule has 2 aromatic carbocycles. The Morgan fingerprint density at radius 3 is 2.59 bits per heavy atom. The topological polar surface area (TPSA) is 56.7 Å². The monoisotopic (exact) mass is 290 g/mol. The average Bonchev–Trinajstić information content (AvgIpc) is 2.99. The second-order valence-corrected chi connectivity index (χ2v) is 5.81. The Balaban J connectivity index is 1.82. The van der Waals surface area contributed by atoms with Crippen LogP contribution in [0.3, 0.4) is 0 Å². The Morgan fingerprint density at radius 2 is 1.82 bits per heavy atom. The number of aryl methyl sites for hydroxylation is 2. The van der Waals surface area contributed by atoms with Gasteiger partial charge in [0.25, 0.3) is 0 Å². The van der Waals surface area contributed by atoms with Crippen molar-refractivity contribution < 1.29 is 0 Å². The van der Waals surface area contributed by atoms with Crippen LogP contribution < -0.4 is 5.73 Å². The lowest BCUT2D eigenvalue weighted by Gasteiger charge is -2.19. The molecule has 2 heterocycles. The first-order chi connectivity index (χ1) is 10.8. The minimum absolute atomic E-state index is 0.560. The van der Waals surface area contributed by atoms with Gasteiger partial charge in [-0.05, 0) is 30.5 Å². The van der Waals surface area contributed by atoms with Gasteiger partial charge in [0.1, 0.15) is 0 Å². The van der Waals surface area contributed by atoms with Crippen molar-refractivity contribution in [1.29, 1.82) is 0 Å². The Labute approximate surface area is 129 Å². The molecule has 0 fully saturated rings. The first-order valence-corrected chi connectivity index (χ1v) is 7.59. The summed E-state index contributed by atoms with van der Waals surface area (Å²) in [6.45, 7) is 3.60. The minimum atomic E-state index is 0.560. The highest BCUT2D eigenvalue weighted by atomic mass is 15.3. The van der Waals surface area contributed by atoms with Crippen molar-refractivity contribution in [3.8, 4) is 22.8 Å². The zero-order chi connectivity index (χ0) is 15.1. The molecule has 3 aromatic rings. The fourth-order valence-electron chi connectivity index (χ4n) is 3.07. The molecule has 0 radical (unpaired) electrons. The van der Waals surface area contributed by atoms with E-state index in [9.17, 15) is 0 Å². The molecule has 1 aliphatic rings. The first kappa shape index (κ1) is 13.2. The predicted octanol–water partition coefficient (Wildman–Crippen LogP) is 2.94. The van der Waals surface area contributed by atoms with Gasteiger partial charge in [0.05, 0.1) is 0 Å². The molecule has 2 N–H and O–H groups in total. The molecule has 4 rings (SSSR count). The van der Waals surface area contributed by atoms with Crippen LogP contribution in [0.25, 0.3) is 22.8 Å². The van der Waals surface area contributed by atoms with E-state index in [-0.39, 0.29) is 0 Å². The zero-order valence-corrected chi connectivity index (χ0v) is 12.6. The summed E-state index contributed by atoms with van der Waals surface area (Å²) in [4.78, 5) is 0. The smallest absolute Gasteiger partial charge is 0.164 e. The summed E-state index contributed by atoms with van der Waals surface area (Å²) >= 11 is 0. The molecule has 0 spiro atoms. The Hall–Kier alpha value is -2.46. The molecule has 0 aliphatic carbocycles. The van der Waals surface area contributed by atoms with Crippen LogP contribution in [-0.4, -0.2) is 14.8 Å². The number of fused-ring (bicyclic) bond motifs is 3. The number of benzene rings is 2. The van der Waals surface area contributed by atoms with Gasteiger partial charge in [-0.2, -0.15) is 0 Å². The summed E-state index contributed by atoms with van der Waals surface area (Å²) in [7, 11) is 0. The quantitative estimate of drug-likeness (QED) is 0.789. The van der Waals surface area contributed by atoms with E-state index in [1.54, 1.807) is 0 Å². The summed E-state index contributed by atoms with van der Waals surface area (Å²) in [5, 5.41) is 8.88. The van der Waals surface area contributed by atoms with Crippen molar-refractivity contribution in [1.82, 2.24) is 14.8 Å². The number of hydrogen-bond donors (Lipinski definition) is 1. The molecule has 110 valence electrons. The van der Waals surface area contributed by atoms with Crippen molar-refractivity contribution in [2.45, 2.75) is 26.4 Å². The van der Waals surface area contributed by atoms with Gasteiger partial charge < -0.3 is 10.3 Å². The molecular formula is C18H18N4. The van der Waals surface area contributed by atoms with E-state index in [2.05, 4.69) is 64.2 Å². The normalized spacial score (nSPS) is 12.8. The van der Waals surface area contributed by atoms with Crippen molar-refractivity contribution in [3.63, 3.8) is 0 Å². The van der Waals surface area contributed by atoms with E-state index in [1.807, 2.05) is 0 Å². The summed E-state index contributed by atoms with van der Waals surface area (Å²) < 4.78 is 2.22. The standard InChI is InChI=1S/C18H18N4/c1-12-2-5-14-8-9-22-17(20-21-18(22)16(14)10-12)15-6-3-13(11-19)4-7-15/h2-7,10H,8-9,11,19H2,1H3. The van der Waals surface area contributed by atoms with Crippen LogP contribution in [0.4, 0.5) is 0 Å². The molecule has 0 amide bonds. The van der Waals surface area contributed by atoms with Crippen molar-refractivity contribution in [2.75, 3.05) is 0 Å². The summed E-state index contributed by atoms with van der Waals surface area (Å²) in [5.41, 5.74) is 11.7. The van der Waals surface area contributed by atoms with Crippen LogP contribution in [0.15, 0.2) is 42.5 Å². The second-order valence-electron chi connectivity index (χ2n) is 5.81. The van der Waals surface area contributed by atoms with Crippen LogP contribution in [-0.2, 0) is 19.5 Å². The van der Waals surface area contributed by atoms with E-state index in [0.29, 0.717) is 6.54 Å². The molecule has 0 bridgehead atoms. The molecule has 1 aromatic heterocycles.